The van der Waals surface area contributed by atoms with Gasteiger partial charge in [0.05, 0.1) is 25.8 Å². The number of hydrogen-bond acceptors (Lipinski definition) is 5. The molecule has 1 atom stereocenters. The van der Waals surface area contributed by atoms with E-state index in [1.165, 1.54) is 4.90 Å². The van der Waals surface area contributed by atoms with Crippen molar-refractivity contribution in [2.45, 2.75) is 6.10 Å². The molecule has 1 saturated heterocycles. The fourth-order valence-corrected chi connectivity index (χ4v) is 1.86. The van der Waals surface area contributed by atoms with Crippen molar-refractivity contribution in [1.82, 2.24) is 9.80 Å². The summed E-state index contributed by atoms with van der Waals surface area (Å²) in [5.74, 6) is -1.51. The number of carbonyl (C=O) groups is 2. The van der Waals surface area contributed by atoms with Crippen molar-refractivity contribution in [2.24, 2.45) is 5.73 Å². The first-order valence-corrected chi connectivity index (χ1v) is 5.50. The monoisotopic (exact) mass is 245 g/mol. The van der Waals surface area contributed by atoms with Gasteiger partial charge >= 0.3 is 5.97 Å². The molecule has 0 bridgehead atoms. The summed E-state index contributed by atoms with van der Waals surface area (Å²) in [4.78, 5) is 25.1. The van der Waals surface area contributed by atoms with Crippen molar-refractivity contribution in [3.63, 3.8) is 0 Å². The van der Waals surface area contributed by atoms with Gasteiger partial charge in [-0.05, 0) is 7.05 Å². The minimum atomic E-state index is -0.976. The third-order valence-electron chi connectivity index (χ3n) is 2.54. The topological polar surface area (TPSA) is 96.1 Å². The molecule has 0 radical (unpaired) electrons. The molecule has 1 heterocycles. The zero-order valence-corrected chi connectivity index (χ0v) is 9.96. The number of carboxylic acid groups (broad SMARTS) is 1. The van der Waals surface area contributed by atoms with E-state index in [1.54, 1.807) is 0 Å². The Balaban J connectivity index is 2.46. The number of carbonyl (C=O) groups excluding carboxylic acids is 1. The second-order valence-electron chi connectivity index (χ2n) is 4.28. The molecule has 7 heteroatoms. The van der Waals surface area contributed by atoms with Gasteiger partial charge in [0.15, 0.2) is 0 Å². The van der Waals surface area contributed by atoms with E-state index >= 15 is 0 Å². The van der Waals surface area contributed by atoms with Crippen molar-refractivity contribution in [2.75, 3.05) is 46.4 Å². The predicted octanol–water partition coefficient (Wildman–Crippen LogP) is -1.81. The lowest BCUT2D eigenvalue weighted by atomic mass is 10.2. The molecule has 1 aliphatic rings. The van der Waals surface area contributed by atoms with Crippen LogP contribution < -0.4 is 5.73 Å². The van der Waals surface area contributed by atoms with Crippen molar-refractivity contribution < 1.29 is 19.4 Å². The molecule has 0 aromatic carbocycles. The van der Waals surface area contributed by atoms with Crippen molar-refractivity contribution in [3.8, 4) is 0 Å². The van der Waals surface area contributed by atoms with Gasteiger partial charge in [0.2, 0.25) is 5.91 Å². The molecule has 0 aromatic rings. The molecular formula is C10H19N3O4. The summed E-state index contributed by atoms with van der Waals surface area (Å²) in [6, 6.07) is 0. The first-order chi connectivity index (χ1) is 7.97. The molecule has 0 saturated carbocycles. The lowest BCUT2D eigenvalue weighted by Crippen LogP contribution is -2.48. The summed E-state index contributed by atoms with van der Waals surface area (Å²) >= 11 is 0. The van der Waals surface area contributed by atoms with Gasteiger partial charge in [0.25, 0.3) is 0 Å². The van der Waals surface area contributed by atoms with Crippen molar-refractivity contribution in [1.29, 1.82) is 0 Å². The summed E-state index contributed by atoms with van der Waals surface area (Å²) in [7, 11) is 1.98. The van der Waals surface area contributed by atoms with Crippen LogP contribution >= 0.6 is 0 Å². The summed E-state index contributed by atoms with van der Waals surface area (Å²) in [5, 5.41) is 8.73. The highest BCUT2D eigenvalue weighted by Gasteiger charge is 2.22. The number of ether oxygens (including phenoxy) is 1. The van der Waals surface area contributed by atoms with Crippen molar-refractivity contribution in [3.05, 3.63) is 0 Å². The summed E-state index contributed by atoms with van der Waals surface area (Å²) in [5.41, 5.74) is 5.08. The van der Waals surface area contributed by atoms with Crippen LogP contribution in [0.3, 0.4) is 0 Å². The number of amides is 1. The SMILES string of the molecule is CN1CCOC(CN(CC(N)=O)CC(=O)O)C1. The summed E-state index contributed by atoms with van der Waals surface area (Å²) in [6.45, 7) is 2.36. The minimum absolute atomic E-state index is 0.0596. The van der Waals surface area contributed by atoms with E-state index in [4.69, 9.17) is 15.6 Å². The Bertz CT molecular complexity index is 269. The Labute approximate surface area is 100 Å². The smallest absolute Gasteiger partial charge is 0.317 e. The average Bonchev–Trinajstić information content (AvgIpc) is 2.14. The van der Waals surface area contributed by atoms with Gasteiger partial charge in [-0.15, -0.1) is 0 Å². The van der Waals surface area contributed by atoms with E-state index in [9.17, 15) is 9.59 Å². The number of likely N-dealkylation sites (N-methyl/N-ethyl adjacent to an activating group) is 1. The zero-order chi connectivity index (χ0) is 12.8. The predicted molar refractivity (Wildman–Crippen MR) is 60.5 cm³/mol. The van der Waals surface area contributed by atoms with Crippen LogP contribution in [-0.4, -0.2) is 79.3 Å². The Hall–Kier alpha value is -1.18. The normalized spacial score (nSPS) is 21.6. The van der Waals surface area contributed by atoms with E-state index in [0.29, 0.717) is 13.2 Å². The first kappa shape index (κ1) is 13.9. The van der Waals surface area contributed by atoms with Gasteiger partial charge in [-0.1, -0.05) is 0 Å². The Kier molecular flexibility index (Phi) is 5.33. The average molecular weight is 245 g/mol. The maximum atomic E-state index is 10.8. The van der Waals surface area contributed by atoms with Crippen LogP contribution in [0.15, 0.2) is 0 Å². The van der Waals surface area contributed by atoms with Gasteiger partial charge in [0, 0.05) is 19.6 Å². The number of morpholine rings is 1. The lowest BCUT2D eigenvalue weighted by molar-refractivity contribution is -0.139. The third-order valence-corrected chi connectivity index (χ3v) is 2.54. The molecule has 1 unspecified atom stereocenters. The summed E-state index contributed by atoms with van der Waals surface area (Å²) in [6.07, 6.45) is -0.0764. The molecule has 17 heavy (non-hydrogen) atoms. The number of nitrogens with two attached hydrogens (primary N) is 1. The zero-order valence-electron chi connectivity index (χ0n) is 9.96. The second kappa shape index (κ2) is 6.53. The molecule has 3 N–H and O–H groups in total. The fourth-order valence-electron chi connectivity index (χ4n) is 1.86. The maximum Gasteiger partial charge on any atom is 0.317 e. The van der Waals surface area contributed by atoms with E-state index in [0.717, 1.165) is 13.1 Å². The van der Waals surface area contributed by atoms with Crippen LogP contribution in [0.5, 0.6) is 0 Å². The van der Waals surface area contributed by atoms with Crippen LogP contribution in [0.25, 0.3) is 0 Å². The molecule has 0 spiro atoms. The Morgan fingerprint density at radius 1 is 1.53 bits per heavy atom. The van der Waals surface area contributed by atoms with Crippen LogP contribution in [-0.2, 0) is 14.3 Å². The molecule has 1 amide bonds. The molecule has 0 aliphatic carbocycles. The molecule has 1 fully saturated rings. The van der Waals surface area contributed by atoms with Crippen LogP contribution in [0.4, 0.5) is 0 Å². The third kappa shape index (κ3) is 5.62. The number of aliphatic carboxylic acids is 1. The van der Waals surface area contributed by atoms with Gasteiger partial charge in [-0.3, -0.25) is 14.5 Å². The highest BCUT2D eigenvalue weighted by molar-refractivity contribution is 5.77. The van der Waals surface area contributed by atoms with Crippen LogP contribution in [0.1, 0.15) is 0 Å². The molecule has 7 nitrogen and oxygen atoms in total. The van der Waals surface area contributed by atoms with E-state index in [-0.39, 0.29) is 19.2 Å². The lowest BCUT2D eigenvalue weighted by Gasteiger charge is -2.33. The van der Waals surface area contributed by atoms with E-state index < -0.39 is 11.9 Å². The standard InChI is InChI=1S/C10H19N3O4/c1-12-2-3-17-8(4-12)5-13(6-9(11)14)7-10(15)16/h8H,2-7H2,1H3,(H2,11,14)(H,15,16). The largest absolute Gasteiger partial charge is 0.480 e. The molecular weight excluding hydrogens is 226 g/mol. The van der Waals surface area contributed by atoms with E-state index in [2.05, 4.69) is 4.90 Å². The summed E-state index contributed by atoms with van der Waals surface area (Å²) < 4.78 is 5.51. The van der Waals surface area contributed by atoms with Gasteiger partial charge in [-0.25, -0.2) is 0 Å². The highest BCUT2D eigenvalue weighted by Crippen LogP contribution is 2.05. The Morgan fingerprint density at radius 2 is 2.24 bits per heavy atom. The molecule has 1 aliphatic heterocycles. The van der Waals surface area contributed by atoms with Gasteiger partial charge in [-0.2, -0.15) is 0 Å². The highest BCUT2D eigenvalue weighted by atomic mass is 16.5. The number of rotatable bonds is 6. The Morgan fingerprint density at radius 3 is 2.76 bits per heavy atom. The van der Waals surface area contributed by atoms with Crippen LogP contribution in [0.2, 0.25) is 0 Å². The van der Waals surface area contributed by atoms with Gasteiger partial charge < -0.3 is 20.5 Å². The number of primary amides is 1. The van der Waals surface area contributed by atoms with Crippen molar-refractivity contribution >= 4 is 11.9 Å². The number of carboxylic acids is 1. The minimum Gasteiger partial charge on any atom is -0.480 e. The first-order valence-electron chi connectivity index (χ1n) is 5.50. The maximum absolute atomic E-state index is 10.8. The molecule has 1 rings (SSSR count). The van der Waals surface area contributed by atoms with Gasteiger partial charge in [0.1, 0.15) is 0 Å². The van der Waals surface area contributed by atoms with Crippen LogP contribution in [0, 0.1) is 0 Å². The molecule has 0 aromatic heterocycles. The quantitative estimate of drug-likeness (QED) is 0.572. The molecule has 98 valence electrons. The van der Waals surface area contributed by atoms with E-state index in [1.807, 2.05) is 7.05 Å². The number of nitrogens with zero attached hydrogens (tertiary/aromatic N) is 2. The fraction of sp³-hybridized carbons (Fsp3) is 0.800. The second-order valence-corrected chi connectivity index (χ2v) is 4.28. The number of hydrogen-bond donors (Lipinski definition) is 2.